The Kier molecular flexibility index (Phi) is 5.97. The number of aromatic nitrogens is 1. The second-order valence-corrected chi connectivity index (χ2v) is 10.3. The summed E-state index contributed by atoms with van der Waals surface area (Å²) in [6, 6.07) is 26.7. The number of hydrogen-bond donors (Lipinski definition) is 0. The van der Waals surface area contributed by atoms with E-state index in [-0.39, 0.29) is 23.3 Å². The van der Waals surface area contributed by atoms with E-state index in [1.165, 1.54) is 12.1 Å². The lowest BCUT2D eigenvalue weighted by Crippen LogP contribution is -2.37. The van der Waals surface area contributed by atoms with Crippen LogP contribution in [0.4, 0.5) is 5.69 Å². The molecule has 4 aromatic rings. The van der Waals surface area contributed by atoms with Crippen LogP contribution in [-0.4, -0.2) is 25.7 Å². The number of nitrogens with zero attached hydrogens (tertiary/aromatic N) is 2. The highest BCUT2D eigenvalue weighted by Gasteiger charge is 2.40. The number of fused-ring (bicyclic) bond motifs is 1. The summed E-state index contributed by atoms with van der Waals surface area (Å²) in [4.78, 5) is 13.7. The van der Waals surface area contributed by atoms with Crippen LogP contribution in [0.2, 0.25) is 0 Å². The fraction of sp³-hybridized carbons (Fsp3) is 0.0690. The van der Waals surface area contributed by atoms with Gasteiger partial charge in [0.25, 0.3) is 10.0 Å². The van der Waals surface area contributed by atoms with Gasteiger partial charge in [-0.25, -0.2) is 17.5 Å². The fourth-order valence-corrected chi connectivity index (χ4v) is 6.11. The van der Waals surface area contributed by atoms with Crippen molar-refractivity contribution in [2.45, 2.75) is 11.3 Å². The molecule has 0 bridgehead atoms. The van der Waals surface area contributed by atoms with Crippen LogP contribution in [0.1, 0.15) is 11.1 Å². The van der Waals surface area contributed by atoms with Crippen LogP contribution in [0.3, 0.4) is 0 Å². The third kappa shape index (κ3) is 4.22. The predicted molar refractivity (Wildman–Crippen MR) is 140 cm³/mol. The summed E-state index contributed by atoms with van der Waals surface area (Å²) in [5, 5.41) is 0. The number of anilines is 1. The zero-order valence-electron chi connectivity index (χ0n) is 20.1. The molecule has 0 amide bonds. The Bertz CT molecular complexity index is 1680. The van der Waals surface area contributed by atoms with Gasteiger partial charge in [-0.2, -0.15) is 0 Å². The van der Waals surface area contributed by atoms with E-state index in [0.29, 0.717) is 29.1 Å². The Morgan fingerprint density at radius 3 is 2.29 bits per heavy atom. The Labute approximate surface area is 219 Å². The molecule has 0 radical (unpaired) electrons. The number of benzene rings is 3. The Morgan fingerprint density at radius 1 is 0.816 bits per heavy atom. The standard InChI is InChI=1S/C29H22N2O6S/c32-28(37-29-26(35-20-36-29)18-21-10-2-1-3-11-21)25-19-22-12-4-7-15-27(22)38(33,34)31(25)24-14-6-5-13-23(24)30-16-8-9-17-30/h1-17,19H,18,20H2. The maximum Gasteiger partial charge on any atom is 0.363 e. The highest BCUT2D eigenvalue weighted by atomic mass is 32.2. The first-order chi connectivity index (χ1) is 18.5. The summed E-state index contributed by atoms with van der Waals surface area (Å²) in [6.07, 6.45) is 5.47. The maximum absolute atomic E-state index is 14.0. The lowest BCUT2D eigenvalue weighted by Gasteiger charge is -2.31. The van der Waals surface area contributed by atoms with Gasteiger partial charge in [-0.3, -0.25) is 0 Å². The van der Waals surface area contributed by atoms with E-state index in [1.807, 2.05) is 42.5 Å². The van der Waals surface area contributed by atoms with Gasteiger partial charge < -0.3 is 18.8 Å². The molecule has 190 valence electrons. The number of ether oxygens (including phenoxy) is 3. The molecule has 0 saturated heterocycles. The first kappa shape index (κ1) is 23.6. The van der Waals surface area contributed by atoms with Gasteiger partial charge in [0.15, 0.2) is 5.76 Å². The second kappa shape index (κ2) is 9.60. The number of carbonyl (C=O) groups excluding carboxylic acids is 1. The highest BCUT2D eigenvalue weighted by Crippen LogP contribution is 2.39. The Hall–Kier alpha value is -4.76. The average molecular weight is 527 g/mol. The van der Waals surface area contributed by atoms with Gasteiger partial charge in [0.2, 0.25) is 6.79 Å². The maximum atomic E-state index is 14.0. The van der Waals surface area contributed by atoms with Gasteiger partial charge in [-0.05, 0) is 47.5 Å². The van der Waals surface area contributed by atoms with E-state index in [0.717, 1.165) is 9.87 Å². The molecule has 0 aliphatic carbocycles. The van der Waals surface area contributed by atoms with E-state index in [9.17, 15) is 13.2 Å². The summed E-state index contributed by atoms with van der Waals surface area (Å²) in [5.41, 5.74) is 2.02. The molecule has 0 spiro atoms. The second-order valence-electron chi connectivity index (χ2n) is 8.58. The quantitative estimate of drug-likeness (QED) is 0.329. The van der Waals surface area contributed by atoms with Crippen LogP contribution in [0.5, 0.6) is 0 Å². The van der Waals surface area contributed by atoms with Gasteiger partial charge >= 0.3 is 11.9 Å². The molecule has 0 atom stereocenters. The summed E-state index contributed by atoms with van der Waals surface area (Å²) < 4.78 is 47.4. The van der Waals surface area contributed by atoms with Crippen molar-refractivity contribution in [3.05, 3.63) is 132 Å². The minimum atomic E-state index is -4.18. The van der Waals surface area contributed by atoms with Crippen molar-refractivity contribution in [2.24, 2.45) is 0 Å². The molecule has 8 nitrogen and oxygen atoms in total. The molecule has 3 heterocycles. The largest absolute Gasteiger partial charge is 0.454 e. The summed E-state index contributed by atoms with van der Waals surface area (Å²) >= 11 is 0. The molecule has 9 heteroatoms. The molecule has 0 saturated carbocycles. The average Bonchev–Trinajstić information content (AvgIpc) is 3.62. The predicted octanol–water partition coefficient (Wildman–Crippen LogP) is 4.99. The summed E-state index contributed by atoms with van der Waals surface area (Å²) in [6.45, 7) is -0.106. The smallest absolute Gasteiger partial charge is 0.363 e. The molecule has 0 fully saturated rings. The van der Waals surface area contributed by atoms with Crippen molar-refractivity contribution in [1.29, 1.82) is 0 Å². The number of allylic oxidation sites excluding steroid dienone is 1. The Morgan fingerprint density at radius 2 is 1.50 bits per heavy atom. The topological polar surface area (TPSA) is 87.1 Å². The number of esters is 1. The fourth-order valence-electron chi connectivity index (χ4n) is 4.44. The molecule has 2 aliphatic rings. The van der Waals surface area contributed by atoms with Gasteiger partial charge in [-0.15, -0.1) is 0 Å². The summed E-state index contributed by atoms with van der Waals surface area (Å²) in [5.74, 6) is -0.630. The normalized spacial score (nSPS) is 15.8. The zero-order valence-corrected chi connectivity index (χ0v) is 20.9. The molecule has 1 aromatic heterocycles. The highest BCUT2D eigenvalue weighted by molar-refractivity contribution is 7.93. The molecular weight excluding hydrogens is 504 g/mol. The molecule has 3 aromatic carbocycles. The van der Waals surface area contributed by atoms with Crippen LogP contribution in [0.15, 0.2) is 126 Å². The van der Waals surface area contributed by atoms with Gasteiger partial charge in [0, 0.05) is 18.8 Å². The van der Waals surface area contributed by atoms with E-state index in [1.54, 1.807) is 59.4 Å². The monoisotopic (exact) mass is 526 g/mol. The van der Waals surface area contributed by atoms with Gasteiger partial charge in [0.1, 0.15) is 5.70 Å². The van der Waals surface area contributed by atoms with E-state index < -0.39 is 16.0 Å². The number of sulfonamides is 1. The minimum absolute atomic E-state index is 0.0864. The lowest BCUT2D eigenvalue weighted by atomic mass is 10.1. The Balaban J connectivity index is 1.44. The molecule has 38 heavy (non-hydrogen) atoms. The number of hydrogen-bond acceptors (Lipinski definition) is 6. The van der Waals surface area contributed by atoms with Crippen molar-refractivity contribution in [3.63, 3.8) is 0 Å². The van der Waals surface area contributed by atoms with E-state index in [2.05, 4.69) is 0 Å². The zero-order chi connectivity index (χ0) is 26.1. The summed E-state index contributed by atoms with van der Waals surface area (Å²) in [7, 11) is -4.18. The molecule has 0 N–H and O–H groups in total. The molecule has 2 aliphatic heterocycles. The van der Waals surface area contributed by atoms with Crippen molar-refractivity contribution < 1.29 is 27.4 Å². The van der Waals surface area contributed by atoms with Crippen molar-refractivity contribution in [2.75, 3.05) is 11.1 Å². The first-order valence-electron chi connectivity index (χ1n) is 11.9. The van der Waals surface area contributed by atoms with Crippen LogP contribution in [0, 0.1) is 0 Å². The third-order valence-electron chi connectivity index (χ3n) is 6.18. The third-order valence-corrected chi connectivity index (χ3v) is 7.99. The minimum Gasteiger partial charge on any atom is -0.454 e. The SMILES string of the molecule is O=C(OC1=C(Cc2ccccc2)OCO1)C1=Cc2ccccc2S(=O)(=O)N1c1ccccc1-n1cccc1. The number of para-hydroxylation sites is 2. The van der Waals surface area contributed by atoms with Crippen LogP contribution < -0.4 is 4.31 Å². The van der Waals surface area contributed by atoms with Crippen molar-refractivity contribution >= 4 is 27.8 Å². The van der Waals surface area contributed by atoms with E-state index in [4.69, 9.17) is 14.2 Å². The number of rotatable bonds is 6. The molecule has 6 rings (SSSR count). The first-order valence-corrected chi connectivity index (χ1v) is 13.3. The molecule has 0 unspecified atom stereocenters. The van der Waals surface area contributed by atoms with Crippen LogP contribution in [-0.2, 0) is 35.4 Å². The number of carbonyl (C=O) groups is 1. The van der Waals surface area contributed by atoms with Crippen molar-refractivity contribution in [3.8, 4) is 5.69 Å². The van der Waals surface area contributed by atoms with Crippen LogP contribution in [0.25, 0.3) is 11.8 Å². The lowest BCUT2D eigenvalue weighted by molar-refractivity contribution is -0.140. The van der Waals surface area contributed by atoms with Gasteiger partial charge in [-0.1, -0.05) is 60.7 Å². The van der Waals surface area contributed by atoms with Crippen molar-refractivity contribution in [1.82, 2.24) is 4.57 Å². The van der Waals surface area contributed by atoms with Crippen LogP contribution >= 0.6 is 0 Å². The molecular formula is C29H22N2O6S. The van der Waals surface area contributed by atoms with E-state index >= 15 is 0 Å². The van der Waals surface area contributed by atoms with Gasteiger partial charge in [0.05, 0.1) is 16.3 Å².